The second-order valence-corrected chi connectivity index (χ2v) is 6.56. The molecule has 0 aliphatic heterocycles. The molecule has 2 heterocycles. The number of rotatable bonds is 3. The van der Waals surface area contributed by atoms with Gasteiger partial charge >= 0.3 is 0 Å². The summed E-state index contributed by atoms with van der Waals surface area (Å²) in [6, 6.07) is 12.2. The molecule has 0 amide bonds. The van der Waals surface area contributed by atoms with E-state index in [0.717, 1.165) is 5.56 Å². The number of nitrogens with zero attached hydrogens (tertiary/aromatic N) is 2. The van der Waals surface area contributed by atoms with Crippen LogP contribution in [-0.2, 0) is 10.0 Å². The number of aromatic nitrogens is 2. The second-order valence-electron chi connectivity index (χ2n) is 4.61. The minimum absolute atomic E-state index is 0.0548. The number of hydrogen-bond acceptors (Lipinski definition) is 3. The summed E-state index contributed by atoms with van der Waals surface area (Å²) >= 11 is 5.99. The lowest BCUT2D eigenvalue weighted by molar-refractivity contribution is 0.596. The zero-order chi connectivity index (χ0) is 15.0. The molecule has 0 unspecified atom stereocenters. The minimum atomic E-state index is -3.82. The fourth-order valence-electron chi connectivity index (χ4n) is 2.01. The molecule has 0 aliphatic carbocycles. The summed E-state index contributed by atoms with van der Waals surface area (Å²) in [7, 11) is -3.82. The number of imidazole rings is 1. The van der Waals surface area contributed by atoms with E-state index in [0.29, 0.717) is 11.3 Å². The molecule has 0 atom stereocenters. The number of hydrogen-bond donors (Lipinski definition) is 1. The van der Waals surface area contributed by atoms with Gasteiger partial charge in [0.2, 0.25) is 0 Å². The van der Waals surface area contributed by atoms with Gasteiger partial charge in [-0.2, -0.15) is 8.42 Å². The van der Waals surface area contributed by atoms with Gasteiger partial charge in [0.05, 0.1) is 0 Å². The van der Waals surface area contributed by atoms with Crippen LogP contribution in [0, 0.1) is 6.92 Å². The number of nitrogens with one attached hydrogen (secondary N) is 1. The topological polar surface area (TPSA) is 63.5 Å². The first kappa shape index (κ1) is 13.9. The molecule has 3 rings (SSSR count). The summed E-state index contributed by atoms with van der Waals surface area (Å²) < 4.78 is 29.0. The van der Waals surface area contributed by atoms with Crippen LogP contribution in [0.4, 0.5) is 5.69 Å². The molecule has 1 N–H and O–H groups in total. The quantitative estimate of drug-likeness (QED) is 0.806. The Bertz CT molecular complexity index is 902. The van der Waals surface area contributed by atoms with Crippen molar-refractivity contribution in [2.45, 2.75) is 11.9 Å². The zero-order valence-electron chi connectivity index (χ0n) is 11.1. The minimum Gasteiger partial charge on any atom is -0.288 e. The highest BCUT2D eigenvalue weighted by Gasteiger charge is 2.24. The number of halogens is 1. The fourth-order valence-corrected chi connectivity index (χ4v) is 3.72. The van der Waals surface area contributed by atoms with E-state index < -0.39 is 10.0 Å². The third kappa shape index (κ3) is 2.59. The van der Waals surface area contributed by atoms with Crippen LogP contribution in [-0.4, -0.2) is 17.8 Å². The maximum Gasteiger partial charge on any atom is 0.281 e. The third-order valence-corrected chi connectivity index (χ3v) is 4.78. The molecule has 1 aromatic carbocycles. The highest BCUT2D eigenvalue weighted by molar-refractivity contribution is 7.92. The Kier molecular flexibility index (Phi) is 3.35. The van der Waals surface area contributed by atoms with Crippen molar-refractivity contribution < 1.29 is 8.42 Å². The average Bonchev–Trinajstić information content (AvgIpc) is 2.77. The molecule has 0 radical (unpaired) electrons. The molecule has 0 fully saturated rings. The van der Waals surface area contributed by atoms with E-state index >= 15 is 0 Å². The number of benzene rings is 1. The van der Waals surface area contributed by atoms with Crippen molar-refractivity contribution in [2.24, 2.45) is 0 Å². The summed E-state index contributed by atoms with van der Waals surface area (Å²) in [4.78, 5) is 4.04. The van der Waals surface area contributed by atoms with Gasteiger partial charge in [0.15, 0.2) is 10.2 Å². The first-order chi connectivity index (χ1) is 9.97. The number of aryl methyl sites for hydroxylation is 1. The lowest BCUT2D eigenvalue weighted by Gasteiger charge is -2.08. The molecule has 21 heavy (non-hydrogen) atoms. The Morgan fingerprint density at radius 1 is 1.14 bits per heavy atom. The summed E-state index contributed by atoms with van der Waals surface area (Å²) in [6.07, 6.45) is 1.61. The molecule has 3 aromatic rings. The largest absolute Gasteiger partial charge is 0.288 e. The molecule has 0 bridgehead atoms. The summed E-state index contributed by atoms with van der Waals surface area (Å²) in [6.45, 7) is 1.93. The summed E-state index contributed by atoms with van der Waals surface area (Å²) in [5, 5.41) is -0.124. The van der Waals surface area contributed by atoms with E-state index in [1.54, 1.807) is 36.5 Å². The van der Waals surface area contributed by atoms with Crippen molar-refractivity contribution in [1.29, 1.82) is 0 Å². The highest BCUT2D eigenvalue weighted by Crippen LogP contribution is 2.24. The normalized spacial score (nSPS) is 11.7. The molecule has 0 aliphatic rings. The predicted octanol–water partition coefficient (Wildman–Crippen LogP) is 3.10. The molecule has 2 aromatic heterocycles. The van der Waals surface area contributed by atoms with E-state index in [9.17, 15) is 8.42 Å². The van der Waals surface area contributed by atoms with Gasteiger partial charge in [-0.1, -0.05) is 35.4 Å². The fraction of sp³-hybridized carbons (Fsp3) is 0.0714. The van der Waals surface area contributed by atoms with Crippen LogP contribution in [0.3, 0.4) is 0 Å². The number of pyridine rings is 1. The molecule has 0 saturated heterocycles. The van der Waals surface area contributed by atoms with E-state index in [2.05, 4.69) is 9.71 Å². The Hall–Kier alpha value is -2.05. The van der Waals surface area contributed by atoms with E-state index in [-0.39, 0.29) is 10.2 Å². The lowest BCUT2D eigenvalue weighted by Crippen LogP contribution is -2.15. The van der Waals surface area contributed by atoms with Crippen LogP contribution in [0.2, 0.25) is 5.15 Å². The Labute approximate surface area is 127 Å². The van der Waals surface area contributed by atoms with Gasteiger partial charge in [0.1, 0.15) is 5.65 Å². The predicted molar refractivity (Wildman–Crippen MR) is 82.2 cm³/mol. The van der Waals surface area contributed by atoms with Gasteiger partial charge in [-0.3, -0.25) is 9.12 Å². The molecule has 0 saturated carbocycles. The highest BCUT2D eigenvalue weighted by atomic mass is 35.5. The van der Waals surface area contributed by atoms with E-state index in [4.69, 9.17) is 11.6 Å². The zero-order valence-corrected chi connectivity index (χ0v) is 12.7. The summed E-state index contributed by atoms with van der Waals surface area (Å²) in [5.41, 5.74) is 2.00. The smallest absolute Gasteiger partial charge is 0.281 e. The van der Waals surface area contributed by atoms with Crippen molar-refractivity contribution in [3.8, 4) is 0 Å². The van der Waals surface area contributed by atoms with Crippen molar-refractivity contribution in [3.05, 3.63) is 59.4 Å². The number of anilines is 1. The first-order valence-electron chi connectivity index (χ1n) is 6.19. The Morgan fingerprint density at radius 3 is 2.57 bits per heavy atom. The molecule has 0 spiro atoms. The Balaban J connectivity index is 2.08. The van der Waals surface area contributed by atoms with Gasteiger partial charge in [-0.25, -0.2) is 4.98 Å². The van der Waals surface area contributed by atoms with Crippen LogP contribution < -0.4 is 4.72 Å². The lowest BCUT2D eigenvalue weighted by atomic mass is 10.2. The van der Waals surface area contributed by atoms with Crippen LogP contribution in [0.25, 0.3) is 5.65 Å². The molecular weight excluding hydrogens is 310 g/mol. The van der Waals surface area contributed by atoms with Crippen molar-refractivity contribution in [2.75, 3.05) is 4.72 Å². The molecule has 7 heteroatoms. The first-order valence-corrected chi connectivity index (χ1v) is 8.05. The number of fused-ring (bicyclic) bond motifs is 1. The van der Waals surface area contributed by atoms with Gasteiger partial charge in [-0.05, 0) is 31.2 Å². The van der Waals surface area contributed by atoms with Gasteiger partial charge in [-0.15, -0.1) is 0 Å². The number of sulfonamides is 1. The standard InChI is InChI=1S/C14H12ClN3O2S/c1-10-5-7-11(8-6-10)17-21(19,20)14-13(15)16-12-4-2-3-9-18(12)14/h2-9,17H,1H3. The molecule has 108 valence electrons. The summed E-state index contributed by atoms with van der Waals surface area (Å²) in [5.74, 6) is 0. The maximum absolute atomic E-state index is 12.5. The van der Waals surface area contributed by atoms with E-state index in [1.165, 1.54) is 4.40 Å². The Morgan fingerprint density at radius 2 is 1.86 bits per heavy atom. The average molecular weight is 322 g/mol. The monoisotopic (exact) mass is 321 g/mol. The SMILES string of the molecule is Cc1ccc(NS(=O)(=O)c2c(Cl)nc3ccccn23)cc1. The van der Waals surface area contributed by atoms with Crippen molar-refractivity contribution >= 4 is 33.0 Å². The molecule has 5 nitrogen and oxygen atoms in total. The van der Waals surface area contributed by atoms with Gasteiger partial charge < -0.3 is 0 Å². The maximum atomic E-state index is 12.5. The van der Waals surface area contributed by atoms with Gasteiger partial charge in [0, 0.05) is 11.9 Å². The van der Waals surface area contributed by atoms with Crippen molar-refractivity contribution in [3.63, 3.8) is 0 Å². The van der Waals surface area contributed by atoms with Crippen LogP contribution in [0.1, 0.15) is 5.56 Å². The van der Waals surface area contributed by atoms with Crippen LogP contribution in [0.5, 0.6) is 0 Å². The van der Waals surface area contributed by atoms with Gasteiger partial charge in [0.25, 0.3) is 10.0 Å². The van der Waals surface area contributed by atoms with E-state index in [1.807, 2.05) is 19.1 Å². The van der Waals surface area contributed by atoms with Crippen LogP contribution in [0.15, 0.2) is 53.7 Å². The third-order valence-electron chi connectivity index (χ3n) is 3.00. The van der Waals surface area contributed by atoms with Crippen molar-refractivity contribution in [1.82, 2.24) is 9.38 Å². The molecular formula is C14H12ClN3O2S. The second kappa shape index (κ2) is 5.05. The van der Waals surface area contributed by atoms with Crippen LogP contribution >= 0.6 is 11.6 Å².